The molecule has 0 aliphatic carbocycles. The van der Waals surface area contributed by atoms with Gasteiger partial charge in [0.1, 0.15) is 0 Å². The first-order chi connectivity index (χ1) is 8.49. The highest BCUT2D eigenvalue weighted by Crippen LogP contribution is 2.15. The molecule has 0 bridgehead atoms. The van der Waals surface area contributed by atoms with Crippen LogP contribution in [0.3, 0.4) is 0 Å². The molecule has 2 rings (SSSR count). The first-order valence-electron chi connectivity index (χ1n) is 4.94. The summed E-state index contributed by atoms with van der Waals surface area (Å²) in [6.45, 7) is 0. The third-order valence-corrected chi connectivity index (χ3v) is 2.83. The average Bonchev–Trinajstić information content (AvgIpc) is 2.75. The number of carbonyl (C=O) groups is 2. The fourth-order valence-electron chi connectivity index (χ4n) is 1.46. The number of carbonyl (C=O) groups excluding carboxylic acids is 2. The van der Waals surface area contributed by atoms with Crippen LogP contribution in [0.15, 0.2) is 34.9 Å². The molecule has 0 aliphatic rings. The molecule has 7 heteroatoms. The smallest absolute Gasteiger partial charge is 0.270 e. The zero-order valence-electron chi connectivity index (χ0n) is 9.13. The Balaban J connectivity index is 2.53. The molecule has 92 valence electrons. The van der Waals surface area contributed by atoms with Crippen molar-refractivity contribution in [3.63, 3.8) is 0 Å². The molecule has 0 fully saturated rings. The number of primary amides is 2. The van der Waals surface area contributed by atoms with Crippen LogP contribution in [0.5, 0.6) is 0 Å². The van der Waals surface area contributed by atoms with Crippen LogP contribution >= 0.6 is 15.9 Å². The lowest BCUT2D eigenvalue weighted by atomic mass is 10.2. The highest BCUT2D eigenvalue weighted by molar-refractivity contribution is 9.10. The molecular weight excluding hydrogens is 300 g/mol. The highest BCUT2D eigenvalue weighted by atomic mass is 79.9. The lowest BCUT2D eigenvalue weighted by Crippen LogP contribution is -2.19. The molecule has 1 aromatic heterocycles. The van der Waals surface area contributed by atoms with Crippen molar-refractivity contribution in [1.29, 1.82) is 0 Å². The van der Waals surface area contributed by atoms with E-state index in [2.05, 4.69) is 21.0 Å². The van der Waals surface area contributed by atoms with E-state index < -0.39 is 11.8 Å². The first kappa shape index (κ1) is 12.3. The van der Waals surface area contributed by atoms with Crippen LogP contribution in [0.1, 0.15) is 20.8 Å². The van der Waals surface area contributed by atoms with Gasteiger partial charge in [0.25, 0.3) is 11.8 Å². The SMILES string of the molecule is NC(=O)c1cn(-c2ccc(Br)cc2)nc1C(N)=O. The Hall–Kier alpha value is -2.15. The predicted molar refractivity (Wildman–Crippen MR) is 68.3 cm³/mol. The van der Waals surface area contributed by atoms with E-state index in [1.54, 1.807) is 12.1 Å². The molecule has 0 aliphatic heterocycles. The maximum atomic E-state index is 11.2. The van der Waals surface area contributed by atoms with Gasteiger partial charge in [-0.3, -0.25) is 9.59 Å². The number of amides is 2. The second kappa shape index (κ2) is 4.61. The van der Waals surface area contributed by atoms with Crippen molar-refractivity contribution in [3.8, 4) is 5.69 Å². The quantitative estimate of drug-likeness (QED) is 0.877. The van der Waals surface area contributed by atoms with Crippen LogP contribution in [-0.4, -0.2) is 21.6 Å². The maximum Gasteiger partial charge on any atom is 0.270 e. The number of hydrogen-bond donors (Lipinski definition) is 2. The van der Waals surface area contributed by atoms with Gasteiger partial charge in [0.2, 0.25) is 0 Å². The molecule has 0 radical (unpaired) electrons. The van der Waals surface area contributed by atoms with E-state index in [4.69, 9.17) is 11.5 Å². The van der Waals surface area contributed by atoms with E-state index in [0.717, 1.165) is 4.47 Å². The number of benzene rings is 1. The number of hydrogen-bond acceptors (Lipinski definition) is 3. The summed E-state index contributed by atoms with van der Waals surface area (Å²) in [5.41, 5.74) is 10.9. The Morgan fingerprint density at radius 1 is 1.11 bits per heavy atom. The first-order valence-corrected chi connectivity index (χ1v) is 5.73. The summed E-state index contributed by atoms with van der Waals surface area (Å²) in [6, 6.07) is 7.16. The van der Waals surface area contributed by atoms with Gasteiger partial charge in [0.05, 0.1) is 11.3 Å². The van der Waals surface area contributed by atoms with Crippen molar-refractivity contribution in [2.24, 2.45) is 11.5 Å². The van der Waals surface area contributed by atoms with Crippen LogP contribution < -0.4 is 11.5 Å². The topological polar surface area (TPSA) is 104 Å². The van der Waals surface area contributed by atoms with Crippen LogP contribution in [0.25, 0.3) is 5.69 Å². The van der Waals surface area contributed by atoms with E-state index in [1.807, 2.05) is 12.1 Å². The standard InChI is InChI=1S/C11H9BrN4O2/c12-6-1-3-7(4-2-6)16-5-8(10(13)17)9(15-16)11(14)18/h1-5H,(H2,13,17)(H2,14,18). The van der Waals surface area contributed by atoms with E-state index in [-0.39, 0.29) is 11.3 Å². The molecule has 0 saturated heterocycles. The molecule has 1 aromatic carbocycles. The molecule has 6 nitrogen and oxygen atoms in total. The summed E-state index contributed by atoms with van der Waals surface area (Å²) in [5, 5.41) is 3.96. The van der Waals surface area contributed by atoms with Gasteiger partial charge in [0.15, 0.2) is 5.69 Å². The van der Waals surface area contributed by atoms with Crippen LogP contribution in [0.4, 0.5) is 0 Å². The van der Waals surface area contributed by atoms with Gasteiger partial charge in [-0.25, -0.2) is 4.68 Å². The number of rotatable bonds is 3. The van der Waals surface area contributed by atoms with E-state index in [1.165, 1.54) is 10.9 Å². The molecule has 2 amide bonds. The second-order valence-electron chi connectivity index (χ2n) is 3.54. The monoisotopic (exact) mass is 308 g/mol. The highest BCUT2D eigenvalue weighted by Gasteiger charge is 2.18. The van der Waals surface area contributed by atoms with Crippen LogP contribution in [-0.2, 0) is 0 Å². The number of aromatic nitrogens is 2. The summed E-state index contributed by atoms with van der Waals surface area (Å²) in [7, 11) is 0. The molecule has 0 atom stereocenters. The third-order valence-electron chi connectivity index (χ3n) is 2.30. The Morgan fingerprint density at radius 3 is 2.17 bits per heavy atom. The minimum absolute atomic E-state index is 0.00502. The van der Waals surface area contributed by atoms with Crippen molar-refractivity contribution in [1.82, 2.24) is 9.78 Å². The predicted octanol–water partition coefficient (Wildman–Crippen LogP) is 0.833. The van der Waals surface area contributed by atoms with E-state index in [9.17, 15) is 9.59 Å². The Morgan fingerprint density at radius 2 is 1.72 bits per heavy atom. The van der Waals surface area contributed by atoms with Crippen LogP contribution in [0.2, 0.25) is 0 Å². The number of nitrogens with two attached hydrogens (primary N) is 2. The lowest BCUT2D eigenvalue weighted by molar-refractivity contribution is 0.0965. The van der Waals surface area contributed by atoms with Crippen molar-refractivity contribution in [3.05, 3.63) is 46.2 Å². The summed E-state index contributed by atoms with van der Waals surface area (Å²) in [6.07, 6.45) is 1.38. The van der Waals surface area contributed by atoms with Gasteiger partial charge in [-0.2, -0.15) is 5.10 Å². The largest absolute Gasteiger partial charge is 0.365 e. The van der Waals surface area contributed by atoms with Crippen molar-refractivity contribution in [2.45, 2.75) is 0 Å². The van der Waals surface area contributed by atoms with Gasteiger partial charge in [0, 0.05) is 10.7 Å². The minimum Gasteiger partial charge on any atom is -0.365 e. The molecule has 1 heterocycles. The average molecular weight is 309 g/mol. The van der Waals surface area contributed by atoms with Gasteiger partial charge >= 0.3 is 0 Å². The molecule has 0 saturated carbocycles. The third kappa shape index (κ3) is 2.25. The Labute approximate surface area is 111 Å². The lowest BCUT2D eigenvalue weighted by Gasteiger charge is -2.00. The Kier molecular flexibility index (Phi) is 3.15. The normalized spacial score (nSPS) is 10.3. The van der Waals surface area contributed by atoms with Gasteiger partial charge in [-0.1, -0.05) is 15.9 Å². The van der Waals surface area contributed by atoms with E-state index in [0.29, 0.717) is 5.69 Å². The zero-order valence-corrected chi connectivity index (χ0v) is 10.7. The fraction of sp³-hybridized carbons (Fsp3) is 0. The summed E-state index contributed by atoms with van der Waals surface area (Å²) >= 11 is 3.31. The van der Waals surface area contributed by atoms with Gasteiger partial charge in [-0.15, -0.1) is 0 Å². The second-order valence-corrected chi connectivity index (χ2v) is 4.46. The summed E-state index contributed by atoms with van der Waals surface area (Å²) in [5.74, 6) is -1.54. The van der Waals surface area contributed by atoms with Gasteiger partial charge in [-0.05, 0) is 24.3 Å². The fourth-order valence-corrected chi connectivity index (χ4v) is 1.73. The maximum absolute atomic E-state index is 11.2. The number of halogens is 1. The van der Waals surface area contributed by atoms with Crippen molar-refractivity contribution in [2.75, 3.05) is 0 Å². The zero-order chi connectivity index (χ0) is 13.3. The van der Waals surface area contributed by atoms with Crippen molar-refractivity contribution < 1.29 is 9.59 Å². The molecule has 4 N–H and O–H groups in total. The molecule has 0 spiro atoms. The molecule has 18 heavy (non-hydrogen) atoms. The molecular formula is C11H9BrN4O2. The molecule has 0 unspecified atom stereocenters. The van der Waals surface area contributed by atoms with Gasteiger partial charge < -0.3 is 11.5 Å². The molecule has 2 aromatic rings. The minimum atomic E-state index is -0.792. The number of nitrogens with zero attached hydrogens (tertiary/aromatic N) is 2. The summed E-state index contributed by atoms with van der Waals surface area (Å²) in [4.78, 5) is 22.3. The van der Waals surface area contributed by atoms with Crippen molar-refractivity contribution >= 4 is 27.7 Å². The summed E-state index contributed by atoms with van der Waals surface area (Å²) < 4.78 is 2.29. The van der Waals surface area contributed by atoms with E-state index >= 15 is 0 Å². The van der Waals surface area contributed by atoms with Crippen LogP contribution in [0, 0.1) is 0 Å². The Bertz CT molecular complexity index is 587.